The normalized spacial score (nSPS) is 24.9. The number of hydrogen-bond acceptors (Lipinski definition) is 4. The fourth-order valence-electron chi connectivity index (χ4n) is 6.58. The first-order valence-corrected chi connectivity index (χ1v) is 14.2. The molecule has 0 N–H and O–H groups in total. The number of ether oxygens (including phenoxy) is 2. The Hall–Kier alpha value is -3.00. The third-order valence-electron chi connectivity index (χ3n) is 8.58. The van der Waals surface area contributed by atoms with E-state index in [9.17, 15) is 13.6 Å². The zero-order valence-electron chi connectivity index (χ0n) is 22.1. The first-order valence-electron chi connectivity index (χ1n) is 14.2. The Labute approximate surface area is 226 Å². The minimum absolute atomic E-state index is 0.00378. The summed E-state index contributed by atoms with van der Waals surface area (Å²) >= 11 is 0. The molecule has 5 nitrogen and oxygen atoms in total. The van der Waals surface area contributed by atoms with Gasteiger partial charge in [0.1, 0.15) is 18.2 Å². The Bertz CT molecular complexity index is 1390. The van der Waals surface area contributed by atoms with Gasteiger partial charge < -0.3 is 14.4 Å². The highest BCUT2D eigenvalue weighted by Crippen LogP contribution is 2.41. The van der Waals surface area contributed by atoms with E-state index in [2.05, 4.69) is 0 Å². The predicted molar refractivity (Wildman–Crippen MR) is 146 cm³/mol. The molecule has 39 heavy (non-hydrogen) atoms. The lowest BCUT2D eigenvalue weighted by Gasteiger charge is -2.30. The van der Waals surface area contributed by atoms with Crippen LogP contribution in [0.15, 0.2) is 53.5 Å². The summed E-state index contributed by atoms with van der Waals surface area (Å²) in [6.07, 6.45) is 6.91. The predicted octanol–water partition coefficient (Wildman–Crippen LogP) is 6.73. The standard InChI is InChI=1S/C31H35F3N2O3/c32-28-17-24(5-8-29(28)35-12-9-22(19-35)15-21-3-1-11-31(33,34)18-21)36-13-10-23-16-25(6-7-27(23)30(36)37)39-20-26-4-2-14-38-26/h5-8,10,13,16-17,21-22,26H,1-4,9,11-12,14-15,18-20H2/t21-,22?,26?/m1/s1. The van der Waals surface area contributed by atoms with Gasteiger partial charge in [-0.25, -0.2) is 13.2 Å². The highest BCUT2D eigenvalue weighted by Gasteiger charge is 2.38. The summed E-state index contributed by atoms with van der Waals surface area (Å²) in [5.74, 6) is -1.89. The first kappa shape index (κ1) is 26.2. The Kier molecular flexibility index (Phi) is 7.31. The van der Waals surface area contributed by atoms with E-state index in [1.54, 1.807) is 30.5 Å². The van der Waals surface area contributed by atoms with Crippen molar-refractivity contribution in [2.75, 3.05) is 31.2 Å². The number of rotatable bonds is 7. The van der Waals surface area contributed by atoms with Gasteiger partial charge in [-0.1, -0.05) is 6.42 Å². The van der Waals surface area contributed by atoms with Gasteiger partial charge in [0.2, 0.25) is 5.92 Å². The molecule has 1 saturated carbocycles. The fourth-order valence-corrected chi connectivity index (χ4v) is 6.58. The van der Waals surface area contributed by atoms with Crippen LogP contribution in [-0.2, 0) is 4.74 Å². The number of alkyl halides is 2. The molecule has 208 valence electrons. The van der Waals surface area contributed by atoms with Crippen molar-refractivity contribution < 1.29 is 22.6 Å². The lowest BCUT2D eigenvalue weighted by atomic mass is 9.81. The van der Waals surface area contributed by atoms with Gasteiger partial charge in [-0.3, -0.25) is 9.36 Å². The maximum absolute atomic E-state index is 15.3. The molecule has 8 heteroatoms. The van der Waals surface area contributed by atoms with E-state index in [0.29, 0.717) is 54.5 Å². The van der Waals surface area contributed by atoms with E-state index >= 15 is 4.39 Å². The number of aromatic nitrogens is 1. The summed E-state index contributed by atoms with van der Waals surface area (Å²) in [6.45, 7) is 2.64. The Morgan fingerprint density at radius 3 is 2.72 bits per heavy atom. The van der Waals surface area contributed by atoms with Gasteiger partial charge in [-0.05, 0) is 85.7 Å². The molecular formula is C31H35F3N2O3. The Morgan fingerprint density at radius 1 is 1.03 bits per heavy atom. The van der Waals surface area contributed by atoms with Crippen LogP contribution < -0.4 is 15.2 Å². The molecular weight excluding hydrogens is 505 g/mol. The topological polar surface area (TPSA) is 43.7 Å². The molecule has 2 aromatic carbocycles. The van der Waals surface area contributed by atoms with E-state index in [0.717, 1.165) is 44.1 Å². The van der Waals surface area contributed by atoms with Crippen molar-refractivity contribution in [1.29, 1.82) is 0 Å². The third-order valence-corrected chi connectivity index (χ3v) is 8.58. The largest absolute Gasteiger partial charge is 0.491 e. The second kappa shape index (κ2) is 10.9. The van der Waals surface area contributed by atoms with Gasteiger partial charge in [0, 0.05) is 50.2 Å². The molecule has 1 aromatic heterocycles. The van der Waals surface area contributed by atoms with Gasteiger partial charge in [-0.15, -0.1) is 0 Å². The van der Waals surface area contributed by atoms with Crippen molar-refractivity contribution in [2.24, 2.45) is 11.8 Å². The molecule has 3 heterocycles. The van der Waals surface area contributed by atoms with E-state index in [1.165, 1.54) is 10.6 Å². The molecule has 6 rings (SSSR count). The fraction of sp³-hybridized carbons (Fsp3) is 0.516. The van der Waals surface area contributed by atoms with Crippen molar-refractivity contribution in [1.82, 2.24) is 4.57 Å². The average Bonchev–Trinajstić information content (AvgIpc) is 3.59. The quantitative estimate of drug-likeness (QED) is 0.333. The van der Waals surface area contributed by atoms with E-state index < -0.39 is 5.92 Å². The SMILES string of the molecule is O=c1c2ccc(OCC3CCCO3)cc2ccn1-c1ccc(N2CCC(C[C@H]3CCCC(F)(F)C3)C2)c(F)c1. The van der Waals surface area contributed by atoms with E-state index in [4.69, 9.17) is 9.47 Å². The van der Waals surface area contributed by atoms with Crippen LogP contribution in [0, 0.1) is 17.7 Å². The van der Waals surface area contributed by atoms with Crippen LogP contribution in [0.3, 0.4) is 0 Å². The Morgan fingerprint density at radius 2 is 1.92 bits per heavy atom. The van der Waals surface area contributed by atoms with Crippen LogP contribution in [-0.4, -0.2) is 42.9 Å². The van der Waals surface area contributed by atoms with Crippen molar-refractivity contribution in [3.63, 3.8) is 0 Å². The molecule has 0 bridgehead atoms. The van der Waals surface area contributed by atoms with E-state index in [1.807, 2.05) is 17.0 Å². The maximum atomic E-state index is 15.3. The van der Waals surface area contributed by atoms with Gasteiger partial charge in [0.15, 0.2) is 0 Å². The molecule has 0 amide bonds. The van der Waals surface area contributed by atoms with E-state index in [-0.39, 0.29) is 36.2 Å². The van der Waals surface area contributed by atoms with Crippen molar-refractivity contribution >= 4 is 16.5 Å². The second-order valence-corrected chi connectivity index (χ2v) is 11.5. The molecule has 3 fully saturated rings. The summed E-state index contributed by atoms with van der Waals surface area (Å²) in [4.78, 5) is 15.3. The van der Waals surface area contributed by atoms with Crippen LogP contribution in [0.2, 0.25) is 0 Å². The number of halogens is 3. The highest BCUT2D eigenvalue weighted by molar-refractivity contribution is 5.83. The highest BCUT2D eigenvalue weighted by atomic mass is 19.3. The smallest absolute Gasteiger partial charge is 0.262 e. The lowest BCUT2D eigenvalue weighted by molar-refractivity contribution is -0.0553. The second-order valence-electron chi connectivity index (χ2n) is 11.5. The molecule has 0 spiro atoms. The molecule has 2 aliphatic heterocycles. The molecule has 3 aromatic rings. The summed E-state index contributed by atoms with van der Waals surface area (Å²) in [5, 5.41) is 1.29. The monoisotopic (exact) mass is 540 g/mol. The number of hydrogen-bond donors (Lipinski definition) is 0. The van der Waals surface area contributed by atoms with Crippen molar-refractivity contribution in [3.8, 4) is 11.4 Å². The minimum Gasteiger partial charge on any atom is -0.491 e. The molecule has 2 unspecified atom stereocenters. The zero-order chi connectivity index (χ0) is 27.0. The lowest BCUT2D eigenvalue weighted by Crippen LogP contribution is -2.28. The third kappa shape index (κ3) is 5.81. The van der Waals surface area contributed by atoms with Crippen molar-refractivity contribution in [2.45, 2.75) is 63.4 Å². The zero-order valence-corrected chi connectivity index (χ0v) is 22.1. The summed E-state index contributed by atoms with van der Waals surface area (Å²) in [7, 11) is 0. The molecule has 3 atom stereocenters. The number of nitrogens with zero attached hydrogens (tertiary/aromatic N) is 2. The van der Waals surface area contributed by atoms with Crippen LogP contribution in [0.4, 0.5) is 18.9 Å². The molecule has 1 aliphatic carbocycles. The van der Waals surface area contributed by atoms with Crippen LogP contribution in [0.25, 0.3) is 16.5 Å². The van der Waals surface area contributed by atoms with Gasteiger partial charge in [0.05, 0.1) is 17.5 Å². The molecule has 0 radical (unpaired) electrons. The van der Waals surface area contributed by atoms with Gasteiger partial charge in [0.25, 0.3) is 5.56 Å². The Balaban J connectivity index is 1.13. The number of anilines is 1. The van der Waals surface area contributed by atoms with Crippen molar-refractivity contribution in [3.05, 3.63) is 64.8 Å². The number of pyridine rings is 1. The minimum atomic E-state index is -2.54. The van der Waals surface area contributed by atoms with Gasteiger partial charge in [-0.2, -0.15) is 0 Å². The van der Waals surface area contributed by atoms with Crippen LogP contribution in [0.5, 0.6) is 5.75 Å². The molecule has 3 aliphatic rings. The first-order chi connectivity index (χ1) is 18.8. The number of fused-ring (bicyclic) bond motifs is 1. The average molecular weight is 541 g/mol. The summed E-state index contributed by atoms with van der Waals surface area (Å²) < 4.78 is 55.9. The summed E-state index contributed by atoms with van der Waals surface area (Å²) in [6, 6.07) is 12.1. The number of benzene rings is 2. The van der Waals surface area contributed by atoms with Gasteiger partial charge >= 0.3 is 0 Å². The molecule has 2 saturated heterocycles. The maximum Gasteiger partial charge on any atom is 0.262 e. The van der Waals surface area contributed by atoms with Crippen LogP contribution >= 0.6 is 0 Å². The van der Waals surface area contributed by atoms with Crippen LogP contribution in [0.1, 0.15) is 51.4 Å². The summed E-state index contributed by atoms with van der Waals surface area (Å²) in [5.41, 5.74) is 0.731.